The summed E-state index contributed by atoms with van der Waals surface area (Å²) in [5.74, 6) is -0.197. The Morgan fingerprint density at radius 3 is 2.50 bits per heavy atom. The Bertz CT molecular complexity index is 548. The van der Waals surface area contributed by atoms with Crippen LogP contribution in [0.5, 0.6) is 0 Å². The van der Waals surface area contributed by atoms with E-state index in [9.17, 15) is 9.59 Å². The Morgan fingerprint density at radius 2 is 1.85 bits per heavy atom. The quantitative estimate of drug-likeness (QED) is 0.796. The maximum absolute atomic E-state index is 12.8. The van der Waals surface area contributed by atoms with Crippen LogP contribution in [0.3, 0.4) is 0 Å². The first-order valence-corrected chi connectivity index (χ1v) is 7.21. The molecule has 1 saturated heterocycles. The van der Waals surface area contributed by atoms with Crippen LogP contribution in [-0.2, 0) is 9.59 Å². The van der Waals surface area contributed by atoms with Crippen LogP contribution in [-0.4, -0.2) is 16.8 Å². The molecule has 0 atom stereocenters. The number of carbonyl (C=O) groups is 2. The number of imide groups is 1. The molecular weight excluding hydrogens is 254 g/mol. The van der Waals surface area contributed by atoms with Crippen molar-refractivity contribution in [3.8, 4) is 0 Å². The average Bonchev–Trinajstić information content (AvgIpc) is 2.60. The number of hydrogen-bond donors (Lipinski definition) is 1. The summed E-state index contributed by atoms with van der Waals surface area (Å²) in [6.07, 6.45) is 9.36. The van der Waals surface area contributed by atoms with Gasteiger partial charge in [0.2, 0.25) is 11.8 Å². The minimum Gasteiger partial charge on any atom is -0.396 e. The molecule has 1 spiro atoms. The summed E-state index contributed by atoms with van der Waals surface area (Å²) in [6, 6.07) is 1.64. The summed E-state index contributed by atoms with van der Waals surface area (Å²) in [5.41, 5.74) is 6.24. The summed E-state index contributed by atoms with van der Waals surface area (Å²) in [6.45, 7) is 0. The molecule has 1 aliphatic carbocycles. The lowest BCUT2D eigenvalue weighted by atomic mass is 9.79. The third kappa shape index (κ3) is 1.97. The van der Waals surface area contributed by atoms with Crippen LogP contribution in [0.25, 0.3) is 0 Å². The smallest absolute Gasteiger partial charge is 0.240 e. The van der Waals surface area contributed by atoms with Crippen molar-refractivity contribution in [2.75, 3.05) is 10.6 Å². The molecule has 2 N–H and O–H groups in total. The molecule has 20 heavy (non-hydrogen) atoms. The van der Waals surface area contributed by atoms with E-state index in [0.717, 1.165) is 38.5 Å². The molecule has 1 saturated carbocycles. The van der Waals surface area contributed by atoms with Gasteiger partial charge in [0.05, 0.1) is 23.0 Å². The molecular formula is C15H19N3O2. The molecule has 3 rings (SSSR count). The molecule has 1 aromatic heterocycles. The number of nitrogens with two attached hydrogens (primary N) is 1. The number of carbonyl (C=O) groups excluding carboxylic acids is 2. The van der Waals surface area contributed by atoms with E-state index < -0.39 is 5.41 Å². The molecule has 5 heteroatoms. The van der Waals surface area contributed by atoms with Gasteiger partial charge >= 0.3 is 0 Å². The minimum absolute atomic E-state index is 0.0673. The molecule has 1 aliphatic heterocycles. The maximum Gasteiger partial charge on any atom is 0.240 e. The second-order valence-electron chi connectivity index (χ2n) is 5.84. The first kappa shape index (κ1) is 13.1. The van der Waals surface area contributed by atoms with Gasteiger partial charge in [0.15, 0.2) is 0 Å². The van der Waals surface area contributed by atoms with E-state index in [2.05, 4.69) is 4.98 Å². The van der Waals surface area contributed by atoms with Gasteiger partial charge in [-0.25, -0.2) is 4.90 Å². The Labute approximate surface area is 118 Å². The summed E-state index contributed by atoms with van der Waals surface area (Å²) in [5, 5.41) is 0. The number of nitrogen functional groups attached to an aromatic ring is 1. The first-order chi connectivity index (χ1) is 9.64. The third-order valence-corrected chi connectivity index (χ3v) is 4.53. The predicted molar refractivity (Wildman–Crippen MR) is 75.9 cm³/mol. The number of rotatable bonds is 1. The highest BCUT2D eigenvalue weighted by molar-refractivity contribution is 6.23. The zero-order valence-electron chi connectivity index (χ0n) is 11.5. The number of nitrogens with zero attached hydrogens (tertiary/aromatic N) is 2. The van der Waals surface area contributed by atoms with Crippen molar-refractivity contribution in [3.63, 3.8) is 0 Å². The molecule has 0 aromatic carbocycles. The zero-order chi connectivity index (χ0) is 14.2. The highest BCUT2D eigenvalue weighted by Crippen LogP contribution is 2.46. The van der Waals surface area contributed by atoms with Crippen molar-refractivity contribution in [2.24, 2.45) is 5.41 Å². The molecule has 2 amide bonds. The van der Waals surface area contributed by atoms with Crippen molar-refractivity contribution >= 4 is 23.2 Å². The van der Waals surface area contributed by atoms with Gasteiger partial charge in [-0.3, -0.25) is 14.6 Å². The summed E-state index contributed by atoms with van der Waals surface area (Å²) < 4.78 is 0. The molecule has 106 valence electrons. The van der Waals surface area contributed by atoms with Crippen molar-refractivity contribution < 1.29 is 9.59 Å². The lowest BCUT2D eigenvalue weighted by Crippen LogP contribution is -2.36. The fourth-order valence-electron chi connectivity index (χ4n) is 3.44. The van der Waals surface area contributed by atoms with Crippen LogP contribution >= 0.6 is 0 Å². The van der Waals surface area contributed by atoms with Crippen LogP contribution in [0.2, 0.25) is 0 Å². The van der Waals surface area contributed by atoms with E-state index in [-0.39, 0.29) is 11.8 Å². The second-order valence-corrected chi connectivity index (χ2v) is 5.84. The van der Waals surface area contributed by atoms with E-state index >= 15 is 0 Å². The number of amides is 2. The van der Waals surface area contributed by atoms with Crippen molar-refractivity contribution in [1.29, 1.82) is 0 Å². The van der Waals surface area contributed by atoms with Gasteiger partial charge in [-0.15, -0.1) is 0 Å². The van der Waals surface area contributed by atoms with Gasteiger partial charge in [0, 0.05) is 12.6 Å². The van der Waals surface area contributed by atoms with Gasteiger partial charge in [0.25, 0.3) is 0 Å². The number of hydrogen-bond acceptors (Lipinski definition) is 4. The van der Waals surface area contributed by atoms with E-state index in [1.54, 1.807) is 12.3 Å². The van der Waals surface area contributed by atoms with Crippen molar-refractivity contribution in [2.45, 2.75) is 44.9 Å². The Kier molecular flexibility index (Phi) is 3.20. The van der Waals surface area contributed by atoms with Crippen molar-refractivity contribution in [3.05, 3.63) is 18.5 Å². The molecule has 1 aromatic rings. The van der Waals surface area contributed by atoms with Crippen LogP contribution < -0.4 is 10.6 Å². The SMILES string of the molecule is Nc1cnccc1N1C(=O)CC2(CCCCCC2)C1=O. The zero-order valence-corrected chi connectivity index (χ0v) is 11.5. The predicted octanol–water partition coefficient (Wildman–Crippen LogP) is 2.27. The Hall–Kier alpha value is -1.91. The molecule has 5 nitrogen and oxygen atoms in total. The minimum atomic E-state index is -0.483. The van der Waals surface area contributed by atoms with Crippen LogP contribution in [0.1, 0.15) is 44.9 Å². The molecule has 2 aliphatic rings. The largest absolute Gasteiger partial charge is 0.396 e. The van der Waals surface area contributed by atoms with Gasteiger partial charge in [-0.2, -0.15) is 0 Å². The maximum atomic E-state index is 12.8. The van der Waals surface area contributed by atoms with Gasteiger partial charge in [-0.05, 0) is 18.9 Å². The van der Waals surface area contributed by atoms with E-state index in [1.165, 1.54) is 11.1 Å². The van der Waals surface area contributed by atoms with E-state index in [0.29, 0.717) is 17.8 Å². The molecule has 0 unspecified atom stereocenters. The highest BCUT2D eigenvalue weighted by atomic mass is 16.2. The number of pyridine rings is 1. The standard InChI is InChI=1S/C15H19N3O2/c16-11-10-17-8-5-12(11)18-13(19)9-15(14(18)20)6-3-1-2-4-7-15/h5,8,10H,1-4,6-7,9,16H2. The number of aromatic nitrogens is 1. The lowest BCUT2D eigenvalue weighted by Gasteiger charge is -2.25. The lowest BCUT2D eigenvalue weighted by molar-refractivity contribution is -0.126. The van der Waals surface area contributed by atoms with E-state index in [1.807, 2.05) is 0 Å². The summed E-state index contributed by atoms with van der Waals surface area (Å²) >= 11 is 0. The van der Waals surface area contributed by atoms with Crippen LogP contribution in [0.4, 0.5) is 11.4 Å². The van der Waals surface area contributed by atoms with Gasteiger partial charge in [-0.1, -0.05) is 25.7 Å². The van der Waals surface area contributed by atoms with Crippen LogP contribution in [0, 0.1) is 5.41 Å². The van der Waals surface area contributed by atoms with E-state index in [4.69, 9.17) is 5.73 Å². The summed E-state index contributed by atoms with van der Waals surface area (Å²) in [4.78, 5) is 30.4. The monoisotopic (exact) mass is 273 g/mol. The second kappa shape index (κ2) is 4.89. The fraction of sp³-hybridized carbons (Fsp3) is 0.533. The number of anilines is 2. The third-order valence-electron chi connectivity index (χ3n) is 4.53. The average molecular weight is 273 g/mol. The highest BCUT2D eigenvalue weighted by Gasteiger charge is 2.51. The molecule has 2 fully saturated rings. The first-order valence-electron chi connectivity index (χ1n) is 7.21. The molecule has 2 heterocycles. The molecule has 0 bridgehead atoms. The normalized spacial score (nSPS) is 22.3. The molecule has 0 radical (unpaired) electrons. The Balaban J connectivity index is 1.96. The fourth-order valence-corrected chi connectivity index (χ4v) is 3.44. The summed E-state index contributed by atoms with van der Waals surface area (Å²) in [7, 11) is 0. The van der Waals surface area contributed by atoms with Gasteiger partial charge < -0.3 is 5.73 Å². The van der Waals surface area contributed by atoms with Gasteiger partial charge in [0.1, 0.15) is 0 Å². The Morgan fingerprint density at radius 1 is 1.15 bits per heavy atom. The topological polar surface area (TPSA) is 76.3 Å². The van der Waals surface area contributed by atoms with Crippen molar-refractivity contribution in [1.82, 2.24) is 4.98 Å². The van der Waals surface area contributed by atoms with Crippen LogP contribution in [0.15, 0.2) is 18.5 Å².